The van der Waals surface area contributed by atoms with Crippen LogP contribution in [0.15, 0.2) is 18.2 Å². The highest BCUT2D eigenvalue weighted by Crippen LogP contribution is 2.50. The minimum absolute atomic E-state index is 0.0833. The lowest BCUT2D eigenvalue weighted by atomic mass is 9.85. The first-order valence-electron chi connectivity index (χ1n) is 8.63. The van der Waals surface area contributed by atoms with E-state index < -0.39 is 0 Å². The molecule has 1 aliphatic heterocycles. The zero-order chi connectivity index (χ0) is 20.0. The fourth-order valence-electron chi connectivity index (χ4n) is 3.76. The molecule has 2 aromatic heterocycles. The average Bonchev–Trinajstić information content (AvgIpc) is 3.05. The number of benzene rings is 1. The van der Waals surface area contributed by atoms with Crippen molar-refractivity contribution in [3.63, 3.8) is 0 Å². The molecule has 1 aliphatic rings. The fraction of sp³-hybridized carbons (Fsp3) is 0.250. The third-order valence-corrected chi connectivity index (χ3v) is 6.26. The van der Waals surface area contributed by atoms with Gasteiger partial charge in [0.05, 0.1) is 30.0 Å². The van der Waals surface area contributed by atoms with Crippen LogP contribution in [-0.2, 0) is 4.79 Å². The van der Waals surface area contributed by atoms with Crippen molar-refractivity contribution in [2.45, 2.75) is 19.3 Å². The number of pyridine rings is 1. The van der Waals surface area contributed by atoms with Crippen LogP contribution in [0.4, 0.5) is 10.8 Å². The second-order valence-electron chi connectivity index (χ2n) is 6.52. The zero-order valence-electron chi connectivity index (χ0n) is 15.6. The summed E-state index contributed by atoms with van der Waals surface area (Å²) in [6.45, 7) is 1.85. The van der Waals surface area contributed by atoms with Gasteiger partial charge in [0.2, 0.25) is 5.91 Å². The van der Waals surface area contributed by atoms with Crippen molar-refractivity contribution in [3.05, 3.63) is 40.5 Å². The third kappa shape index (κ3) is 2.55. The Bertz CT molecular complexity index is 1160. The Morgan fingerprint density at radius 3 is 2.82 bits per heavy atom. The highest BCUT2D eigenvalue weighted by atomic mass is 32.1. The number of carbonyl (C=O) groups is 1. The highest BCUT2D eigenvalue weighted by molar-refractivity contribution is 7.23. The van der Waals surface area contributed by atoms with Gasteiger partial charge in [-0.3, -0.25) is 4.79 Å². The first-order valence-corrected chi connectivity index (χ1v) is 9.45. The number of para-hydroxylation sites is 1. The van der Waals surface area contributed by atoms with Crippen molar-refractivity contribution in [1.29, 1.82) is 5.26 Å². The van der Waals surface area contributed by atoms with Crippen molar-refractivity contribution >= 4 is 38.3 Å². The maximum atomic E-state index is 12.4. The van der Waals surface area contributed by atoms with E-state index in [1.54, 1.807) is 14.2 Å². The van der Waals surface area contributed by atoms with Gasteiger partial charge in [0.25, 0.3) is 0 Å². The first kappa shape index (κ1) is 18.1. The van der Waals surface area contributed by atoms with Gasteiger partial charge in [-0.1, -0.05) is 12.1 Å². The second-order valence-corrected chi connectivity index (χ2v) is 7.54. The van der Waals surface area contributed by atoms with Crippen molar-refractivity contribution < 1.29 is 14.3 Å². The number of aryl methyl sites for hydroxylation is 1. The number of thiophene rings is 1. The van der Waals surface area contributed by atoms with Gasteiger partial charge in [-0.25, -0.2) is 4.98 Å². The lowest BCUT2D eigenvalue weighted by molar-refractivity contribution is -0.116. The van der Waals surface area contributed by atoms with Crippen LogP contribution in [0.5, 0.6) is 11.5 Å². The van der Waals surface area contributed by atoms with E-state index in [-0.39, 0.29) is 24.1 Å². The van der Waals surface area contributed by atoms with Crippen molar-refractivity contribution in [2.75, 3.05) is 25.3 Å². The standard InChI is InChI=1S/C20H18N4O3S/c1-9-12(8-21)19(22)24-16-15-11(7-14(25)23-20(15)28-18(9)16)10-5-4-6-13(26-2)17(10)27-3/h4-6,11H,7H2,1-3H3,(H2,22,24)(H,23,25)/t11-/m1/s1. The Hall–Kier alpha value is -3.31. The molecule has 0 fully saturated rings. The molecule has 142 valence electrons. The monoisotopic (exact) mass is 394 g/mol. The summed E-state index contributed by atoms with van der Waals surface area (Å²) in [7, 11) is 3.16. The molecule has 0 saturated carbocycles. The molecule has 8 heteroatoms. The minimum Gasteiger partial charge on any atom is -0.493 e. The number of carbonyl (C=O) groups excluding carboxylic acids is 1. The quantitative estimate of drug-likeness (QED) is 0.703. The minimum atomic E-state index is -0.262. The van der Waals surface area contributed by atoms with E-state index in [0.29, 0.717) is 22.6 Å². The number of hydrogen-bond acceptors (Lipinski definition) is 7. The summed E-state index contributed by atoms with van der Waals surface area (Å²) in [5.74, 6) is 1.04. The number of ether oxygens (including phenoxy) is 2. The molecule has 0 aliphatic carbocycles. The van der Waals surface area contributed by atoms with E-state index in [2.05, 4.69) is 16.4 Å². The molecule has 0 saturated heterocycles. The summed E-state index contributed by atoms with van der Waals surface area (Å²) in [5.41, 5.74) is 9.64. The van der Waals surface area contributed by atoms with Crippen LogP contribution >= 0.6 is 11.3 Å². The Labute approximate surface area is 165 Å². The Balaban J connectivity index is 2.03. The number of fused-ring (bicyclic) bond motifs is 3. The van der Waals surface area contributed by atoms with Crippen LogP contribution in [0, 0.1) is 18.3 Å². The predicted molar refractivity (Wildman–Crippen MR) is 108 cm³/mol. The van der Waals surface area contributed by atoms with Gasteiger partial charge >= 0.3 is 0 Å². The van der Waals surface area contributed by atoms with Crippen LogP contribution in [0.25, 0.3) is 10.2 Å². The van der Waals surface area contributed by atoms with E-state index in [4.69, 9.17) is 15.2 Å². The molecular weight excluding hydrogens is 376 g/mol. The number of aromatic nitrogens is 1. The number of nitrogens with two attached hydrogens (primary N) is 1. The molecule has 3 N–H and O–H groups in total. The lowest BCUT2D eigenvalue weighted by Crippen LogP contribution is -2.22. The van der Waals surface area contributed by atoms with Crippen LogP contribution in [0.1, 0.15) is 34.6 Å². The number of nitriles is 1. The van der Waals surface area contributed by atoms with Gasteiger partial charge < -0.3 is 20.5 Å². The van der Waals surface area contributed by atoms with Gasteiger partial charge in [0, 0.05) is 23.5 Å². The van der Waals surface area contributed by atoms with Crippen LogP contribution in [0.3, 0.4) is 0 Å². The van der Waals surface area contributed by atoms with Crippen molar-refractivity contribution in [2.24, 2.45) is 0 Å². The molecule has 4 rings (SSSR count). The maximum Gasteiger partial charge on any atom is 0.225 e. The molecule has 0 radical (unpaired) electrons. The summed E-state index contributed by atoms with van der Waals surface area (Å²) in [5, 5.41) is 13.1. The normalized spacial score (nSPS) is 15.6. The molecule has 1 atom stereocenters. The van der Waals surface area contributed by atoms with E-state index in [0.717, 1.165) is 26.4 Å². The number of amides is 1. The number of methoxy groups -OCH3 is 2. The van der Waals surface area contributed by atoms with Gasteiger partial charge in [-0.15, -0.1) is 11.3 Å². The largest absolute Gasteiger partial charge is 0.493 e. The lowest BCUT2D eigenvalue weighted by Gasteiger charge is -2.25. The summed E-state index contributed by atoms with van der Waals surface area (Å²) < 4.78 is 11.9. The molecule has 28 heavy (non-hydrogen) atoms. The predicted octanol–water partition coefficient (Wildman–Crippen LogP) is 3.55. The molecule has 3 heterocycles. The summed E-state index contributed by atoms with van der Waals surface area (Å²) >= 11 is 1.42. The van der Waals surface area contributed by atoms with E-state index in [9.17, 15) is 10.1 Å². The Kier molecular flexibility index (Phi) is 4.32. The van der Waals surface area contributed by atoms with E-state index in [1.807, 2.05) is 25.1 Å². The molecule has 0 bridgehead atoms. The van der Waals surface area contributed by atoms with E-state index in [1.165, 1.54) is 11.3 Å². The Morgan fingerprint density at radius 2 is 2.14 bits per heavy atom. The number of anilines is 2. The third-order valence-electron chi connectivity index (χ3n) is 5.03. The smallest absolute Gasteiger partial charge is 0.225 e. The molecular formula is C20H18N4O3S. The van der Waals surface area contributed by atoms with Crippen LogP contribution in [0.2, 0.25) is 0 Å². The SMILES string of the molecule is COc1cccc([C@H]2CC(=O)Nc3sc4c(C)c(C#N)c(N)nc4c32)c1OC. The van der Waals surface area contributed by atoms with Crippen LogP contribution in [-0.4, -0.2) is 25.1 Å². The topological polar surface area (TPSA) is 110 Å². The second kappa shape index (κ2) is 6.69. The van der Waals surface area contributed by atoms with Crippen molar-refractivity contribution in [3.8, 4) is 17.6 Å². The van der Waals surface area contributed by atoms with Gasteiger partial charge in [0.1, 0.15) is 16.9 Å². The highest BCUT2D eigenvalue weighted by Gasteiger charge is 2.34. The van der Waals surface area contributed by atoms with Crippen LogP contribution < -0.4 is 20.5 Å². The van der Waals surface area contributed by atoms with Crippen molar-refractivity contribution in [1.82, 2.24) is 4.98 Å². The number of nitrogens with one attached hydrogen (secondary N) is 1. The number of rotatable bonds is 3. The summed E-state index contributed by atoms with van der Waals surface area (Å²) in [4.78, 5) is 17.0. The zero-order valence-corrected chi connectivity index (χ0v) is 16.4. The van der Waals surface area contributed by atoms with E-state index >= 15 is 0 Å². The van der Waals surface area contributed by atoms with Gasteiger partial charge in [0.15, 0.2) is 11.5 Å². The Morgan fingerprint density at radius 1 is 1.36 bits per heavy atom. The molecule has 0 unspecified atom stereocenters. The van der Waals surface area contributed by atoms with Gasteiger partial charge in [-0.2, -0.15) is 5.26 Å². The first-order chi connectivity index (χ1) is 13.5. The fourth-order valence-corrected chi connectivity index (χ4v) is 4.98. The number of nitrogen functional groups attached to an aromatic ring is 1. The maximum absolute atomic E-state index is 12.4. The molecule has 1 amide bonds. The summed E-state index contributed by atoms with van der Waals surface area (Å²) in [6.07, 6.45) is 0.253. The molecule has 0 spiro atoms. The average molecular weight is 394 g/mol. The molecule has 3 aromatic rings. The molecule has 1 aromatic carbocycles. The van der Waals surface area contributed by atoms with Gasteiger partial charge in [-0.05, 0) is 18.6 Å². The summed E-state index contributed by atoms with van der Waals surface area (Å²) in [6, 6.07) is 7.73. The number of nitrogens with zero attached hydrogens (tertiary/aromatic N) is 2. The molecule has 7 nitrogen and oxygen atoms in total. The number of hydrogen-bond donors (Lipinski definition) is 2.